The van der Waals surface area contributed by atoms with Crippen molar-refractivity contribution < 1.29 is 14.3 Å². The molecule has 1 unspecified atom stereocenters. The van der Waals surface area contributed by atoms with Gasteiger partial charge in [-0.25, -0.2) is 4.79 Å². The number of ether oxygens (including phenoxy) is 1. The Kier molecular flexibility index (Phi) is 5.70. The van der Waals surface area contributed by atoms with Crippen LogP contribution in [0.2, 0.25) is 0 Å². The van der Waals surface area contributed by atoms with Gasteiger partial charge in [0.25, 0.3) is 0 Å². The second-order valence-corrected chi connectivity index (χ2v) is 5.79. The van der Waals surface area contributed by atoms with E-state index in [1.165, 1.54) is 0 Å². The molecule has 0 aliphatic heterocycles. The lowest BCUT2D eigenvalue weighted by molar-refractivity contribution is -0.115. The Labute approximate surface area is 126 Å². The molecular formula is C17H23NO3. The third kappa shape index (κ3) is 5.42. The number of Topliss-reactive ketones (excluding diaryl/α,β-unsaturated/α-hetero) is 1. The molecule has 1 N–H and O–H groups in total. The monoisotopic (exact) mass is 289 g/mol. The van der Waals surface area contributed by atoms with Crippen molar-refractivity contribution in [3.8, 4) is 0 Å². The van der Waals surface area contributed by atoms with E-state index in [-0.39, 0.29) is 5.78 Å². The molecule has 0 fully saturated rings. The summed E-state index contributed by atoms with van der Waals surface area (Å²) in [5, 5.41) is 2.72. The first-order valence-electron chi connectivity index (χ1n) is 7.01. The summed E-state index contributed by atoms with van der Waals surface area (Å²) < 4.78 is 5.25. The topological polar surface area (TPSA) is 55.4 Å². The van der Waals surface area contributed by atoms with E-state index in [0.717, 1.165) is 5.56 Å². The second kappa shape index (κ2) is 7.07. The van der Waals surface area contributed by atoms with Crippen molar-refractivity contribution in [3.05, 3.63) is 48.0 Å². The summed E-state index contributed by atoms with van der Waals surface area (Å²) in [4.78, 5) is 23.9. The van der Waals surface area contributed by atoms with Gasteiger partial charge in [0.05, 0.1) is 6.04 Å². The van der Waals surface area contributed by atoms with E-state index in [1.54, 1.807) is 27.7 Å². The number of carbonyl (C=O) groups excluding carboxylic acids is 2. The van der Waals surface area contributed by atoms with Crippen LogP contribution in [-0.4, -0.2) is 17.5 Å². The molecule has 0 heterocycles. The van der Waals surface area contributed by atoms with E-state index in [0.29, 0.717) is 12.0 Å². The molecule has 0 aliphatic carbocycles. The molecule has 0 saturated carbocycles. The minimum Gasteiger partial charge on any atom is -0.444 e. The molecule has 114 valence electrons. The summed E-state index contributed by atoms with van der Waals surface area (Å²) in [7, 11) is 0. The van der Waals surface area contributed by atoms with E-state index in [4.69, 9.17) is 4.74 Å². The quantitative estimate of drug-likeness (QED) is 0.839. The average Bonchev–Trinajstić information content (AvgIpc) is 2.42. The van der Waals surface area contributed by atoms with E-state index in [1.807, 2.05) is 30.3 Å². The summed E-state index contributed by atoms with van der Waals surface area (Å²) in [5.41, 5.74) is 0.561. The molecule has 1 amide bonds. The largest absolute Gasteiger partial charge is 0.444 e. The molecule has 0 aliphatic rings. The standard InChI is InChI=1S/C17H23NO3/c1-6-14(19)12(2)15(13-10-8-7-9-11-13)18-16(20)21-17(3,4)5/h7-11,15H,2,6H2,1,3-5H3,(H,18,20). The van der Waals surface area contributed by atoms with Crippen molar-refractivity contribution in [2.24, 2.45) is 0 Å². The second-order valence-electron chi connectivity index (χ2n) is 5.79. The van der Waals surface area contributed by atoms with Crippen LogP contribution in [0, 0.1) is 0 Å². The predicted molar refractivity (Wildman–Crippen MR) is 83.0 cm³/mol. The molecule has 0 radical (unpaired) electrons. The van der Waals surface area contributed by atoms with Crippen LogP contribution >= 0.6 is 0 Å². The van der Waals surface area contributed by atoms with Crippen LogP contribution in [0.1, 0.15) is 45.7 Å². The van der Waals surface area contributed by atoms with Gasteiger partial charge < -0.3 is 10.1 Å². The maximum Gasteiger partial charge on any atom is 0.408 e. The molecule has 0 aromatic heterocycles. The Morgan fingerprint density at radius 1 is 1.24 bits per heavy atom. The number of alkyl carbamates (subject to hydrolysis) is 1. The van der Waals surface area contributed by atoms with Gasteiger partial charge in [0.2, 0.25) is 0 Å². The number of rotatable bonds is 5. The van der Waals surface area contributed by atoms with Crippen LogP contribution in [0.25, 0.3) is 0 Å². The summed E-state index contributed by atoms with van der Waals surface area (Å²) in [6.45, 7) is 11.0. The van der Waals surface area contributed by atoms with E-state index < -0.39 is 17.7 Å². The molecule has 4 nitrogen and oxygen atoms in total. The lowest BCUT2D eigenvalue weighted by Crippen LogP contribution is -2.36. The van der Waals surface area contributed by atoms with Gasteiger partial charge in [-0.05, 0) is 26.3 Å². The number of carbonyl (C=O) groups is 2. The van der Waals surface area contributed by atoms with Gasteiger partial charge >= 0.3 is 6.09 Å². The van der Waals surface area contributed by atoms with Crippen LogP contribution in [0.4, 0.5) is 4.79 Å². The Bertz CT molecular complexity index is 515. The van der Waals surface area contributed by atoms with Crippen LogP contribution in [0.15, 0.2) is 42.5 Å². The van der Waals surface area contributed by atoms with Gasteiger partial charge in [0.1, 0.15) is 5.60 Å². The first-order chi connectivity index (χ1) is 9.74. The number of benzene rings is 1. The lowest BCUT2D eigenvalue weighted by Gasteiger charge is -2.24. The molecule has 1 rings (SSSR count). The number of ketones is 1. The summed E-state index contributed by atoms with van der Waals surface area (Å²) in [5.74, 6) is -0.0834. The Morgan fingerprint density at radius 3 is 2.29 bits per heavy atom. The first kappa shape index (κ1) is 17.0. The minimum absolute atomic E-state index is 0.0834. The zero-order chi connectivity index (χ0) is 16.0. The van der Waals surface area contributed by atoms with Gasteiger partial charge in [0.15, 0.2) is 5.78 Å². The molecule has 21 heavy (non-hydrogen) atoms. The molecule has 1 atom stereocenters. The highest BCUT2D eigenvalue weighted by Crippen LogP contribution is 2.22. The summed E-state index contributed by atoms with van der Waals surface area (Å²) in [6, 6.07) is 8.68. The van der Waals surface area contributed by atoms with E-state index in [2.05, 4.69) is 11.9 Å². The molecule has 0 bridgehead atoms. The van der Waals surface area contributed by atoms with Gasteiger partial charge in [-0.2, -0.15) is 0 Å². The van der Waals surface area contributed by atoms with Gasteiger partial charge in [-0.15, -0.1) is 0 Å². The van der Waals surface area contributed by atoms with Crippen molar-refractivity contribution in [3.63, 3.8) is 0 Å². The van der Waals surface area contributed by atoms with Gasteiger partial charge in [-0.1, -0.05) is 43.8 Å². The van der Waals surface area contributed by atoms with Crippen molar-refractivity contribution in [2.45, 2.75) is 45.8 Å². The van der Waals surface area contributed by atoms with Crippen molar-refractivity contribution in [2.75, 3.05) is 0 Å². The third-order valence-corrected chi connectivity index (χ3v) is 2.82. The zero-order valence-electron chi connectivity index (χ0n) is 13.1. The van der Waals surface area contributed by atoms with Crippen molar-refractivity contribution >= 4 is 11.9 Å². The Morgan fingerprint density at radius 2 is 1.81 bits per heavy atom. The number of hydrogen-bond acceptors (Lipinski definition) is 3. The Hall–Kier alpha value is -2.10. The first-order valence-corrected chi connectivity index (χ1v) is 7.01. The third-order valence-electron chi connectivity index (χ3n) is 2.82. The summed E-state index contributed by atoms with van der Waals surface area (Å²) in [6.07, 6.45) is -0.223. The molecular weight excluding hydrogens is 266 g/mol. The smallest absolute Gasteiger partial charge is 0.408 e. The SMILES string of the molecule is C=C(C(=O)CC)C(NC(=O)OC(C)(C)C)c1ccccc1. The highest BCUT2D eigenvalue weighted by Gasteiger charge is 2.24. The maximum atomic E-state index is 12.0. The zero-order valence-corrected chi connectivity index (χ0v) is 13.1. The minimum atomic E-state index is -0.596. The average molecular weight is 289 g/mol. The van der Waals surface area contributed by atoms with Crippen molar-refractivity contribution in [1.29, 1.82) is 0 Å². The predicted octanol–water partition coefficient (Wildman–Crippen LogP) is 3.79. The molecule has 4 heteroatoms. The molecule has 1 aromatic carbocycles. The number of hydrogen-bond donors (Lipinski definition) is 1. The normalized spacial score (nSPS) is 12.4. The van der Waals surface area contributed by atoms with Crippen molar-refractivity contribution in [1.82, 2.24) is 5.32 Å². The molecule has 0 spiro atoms. The fourth-order valence-corrected chi connectivity index (χ4v) is 1.83. The fourth-order valence-electron chi connectivity index (χ4n) is 1.83. The Balaban J connectivity index is 2.96. The lowest BCUT2D eigenvalue weighted by atomic mass is 9.96. The highest BCUT2D eigenvalue weighted by molar-refractivity contribution is 5.96. The van der Waals surface area contributed by atoms with Crippen LogP contribution < -0.4 is 5.32 Å². The van der Waals surface area contributed by atoms with Gasteiger partial charge in [-0.3, -0.25) is 4.79 Å². The van der Waals surface area contributed by atoms with Gasteiger partial charge in [0, 0.05) is 12.0 Å². The number of amides is 1. The highest BCUT2D eigenvalue weighted by atomic mass is 16.6. The number of nitrogens with one attached hydrogen (secondary N) is 1. The van der Waals surface area contributed by atoms with E-state index in [9.17, 15) is 9.59 Å². The molecule has 0 saturated heterocycles. The molecule has 1 aromatic rings. The fraction of sp³-hybridized carbons (Fsp3) is 0.412. The van der Waals surface area contributed by atoms with Crippen LogP contribution in [-0.2, 0) is 9.53 Å². The van der Waals surface area contributed by atoms with E-state index >= 15 is 0 Å². The van der Waals surface area contributed by atoms with Crippen LogP contribution in [0.3, 0.4) is 0 Å². The maximum absolute atomic E-state index is 12.0. The van der Waals surface area contributed by atoms with Crippen LogP contribution in [0.5, 0.6) is 0 Å². The summed E-state index contributed by atoms with van der Waals surface area (Å²) >= 11 is 0.